The summed E-state index contributed by atoms with van der Waals surface area (Å²) in [5.41, 5.74) is 1.92. The highest BCUT2D eigenvalue weighted by Gasteiger charge is 2.50. The van der Waals surface area contributed by atoms with Gasteiger partial charge in [-0.05, 0) is 85.6 Å². The highest BCUT2D eigenvalue weighted by Crippen LogP contribution is 2.54. The third kappa shape index (κ3) is 5.43. The number of alkyl carbamates (subject to hydrolysis) is 1. The van der Waals surface area contributed by atoms with Crippen LogP contribution in [0.25, 0.3) is 10.9 Å². The normalized spacial score (nSPS) is 27.6. The standard InChI is InChI=1S/C32H39N3O3S/c1-32(16-25-17-33-28-10-6-5-9-27(25)28,30(36)34-18-26(19-39)22-7-3-2-4-8-22)35-31(37)38-29-23-12-20-11-21(14-23)15-24(29)13-20/h2-10,17,20-21,23-24,26,29,33,39H,11-16,18-19H2,1H3,(H,34,36)(H,35,37). The van der Waals surface area contributed by atoms with Crippen LogP contribution >= 0.6 is 12.6 Å². The maximum absolute atomic E-state index is 13.8. The lowest BCUT2D eigenvalue weighted by Crippen LogP contribution is -2.60. The van der Waals surface area contributed by atoms with E-state index in [4.69, 9.17) is 4.74 Å². The number of hydrogen-bond donors (Lipinski definition) is 4. The Hall–Kier alpha value is -2.93. The van der Waals surface area contributed by atoms with Gasteiger partial charge in [0.2, 0.25) is 5.91 Å². The number of benzene rings is 2. The molecule has 2 amide bonds. The fraction of sp³-hybridized carbons (Fsp3) is 0.500. The van der Waals surface area contributed by atoms with Crippen molar-refractivity contribution in [1.29, 1.82) is 0 Å². The van der Waals surface area contributed by atoms with Crippen LogP contribution in [-0.2, 0) is 16.0 Å². The predicted molar refractivity (Wildman–Crippen MR) is 157 cm³/mol. The molecule has 3 aromatic rings. The minimum Gasteiger partial charge on any atom is -0.446 e. The van der Waals surface area contributed by atoms with Crippen LogP contribution in [0.3, 0.4) is 0 Å². The van der Waals surface area contributed by atoms with Crippen molar-refractivity contribution in [3.05, 3.63) is 71.9 Å². The molecule has 0 spiro atoms. The summed E-state index contributed by atoms with van der Waals surface area (Å²) >= 11 is 4.54. The number of thiol groups is 1. The van der Waals surface area contributed by atoms with Gasteiger partial charge in [-0.2, -0.15) is 12.6 Å². The molecule has 1 heterocycles. The van der Waals surface area contributed by atoms with E-state index in [0.717, 1.165) is 33.9 Å². The van der Waals surface area contributed by atoms with Crippen molar-refractivity contribution in [3.8, 4) is 0 Å². The summed E-state index contributed by atoms with van der Waals surface area (Å²) in [6.45, 7) is 2.24. The molecule has 3 N–H and O–H groups in total. The van der Waals surface area contributed by atoms with Crippen LogP contribution in [0.5, 0.6) is 0 Å². The SMILES string of the molecule is CC(Cc1c[nH]c2ccccc12)(NC(=O)OC1C2CC3CC(C2)CC1C3)C(=O)NCC(CS)c1ccccc1. The summed E-state index contributed by atoms with van der Waals surface area (Å²) < 4.78 is 6.15. The number of aromatic amines is 1. The second-order valence-electron chi connectivity index (χ2n) is 12.3. The topological polar surface area (TPSA) is 83.2 Å². The van der Waals surface area contributed by atoms with Crippen molar-refractivity contribution in [2.45, 2.75) is 63.0 Å². The van der Waals surface area contributed by atoms with Gasteiger partial charge in [-0.25, -0.2) is 4.79 Å². The lowest BCUT2D eigenvalue weighted by Gasteiger charge is -2.53. The summed E-state index contributed by atoms with van der Waals surface area (Å²) in [5, 5.41) is 7.20. The number of H-pyrrole nitrogens is 1. The molecule has 2 aromatic carbocycles. The second-order valence-corrected chi connectivity index (χ2v) is 12.7. The molecular formula is C32H39N3O3S. The van der Waals surface area contributed by atoms with Crippen LogP contribution in [0.15, 0.2) is 60.8 Å². The van der Waals surface area contributed by atoms with Crippen LogP contribution in [0.2, 0.25) is 0 Å². The molecule has 4 saturated carbocycles. The molecule has 0 radical (unpaired) electrons. The maximum Gasteiger partial charge on any atom is 0.408 e. The first kappa shape index (κ1) is 26.3. The van der Waals surface area contributed by atoms with Crippen molar-refractivity contribution in [2.24, 2.45) is 23.7 Å². The van der Waals surface area contributed by atoms with Gasteiger partial charge in [0.25, 0.3) is 0 Å². The summed E-state index contributed by atoms with van der Waals surface area (Å²) in [5.74, 6) is 2.97. The molecule has 7 heteroatoms. The van der Waals surface area contributed by atoms with Crippen molar-refractivity contribution >= 4 is 35.5 Å². The smallest absolute Gasteiger partial charge is 0.408 e. The summed E-state index contributed by atoms with van der Waals surface area (Å²) in [6.07, 6.45) is 7.78. The number of nitrogens with one attached hydrogen (secondary N) is 3. The van der Waals surface area contributed by atoms with Gasteiger partial charge >= 0.3 is 6.09 Å². The van der Waals surface area contributed by atoms with E-state index in [1.165, 1.54) is 32.1 Å². The van der Waals surface area contributed by atoms with E-state index in [0.29, 0.717) is 30.6 Å². The molecule has 4 fully saturated rings. The molecule has 6 nitrogen and oxygen atoms in total. The zero-order valence-electron chi connectivity index (χ0n) is 22.6. The Kier molecular flexibility index (Phi) is 7.36. The van der Waals surface area contributed by atoms with E-state index < -0.39 is 11.6 Å². The summed E-state index contributed by atoms with van der Waals surface area (Å²) in [4.78, 5) is 30.6. The molecule has 4 aliphatic carbocycles. The number of aromatic nitrogens is 1. The van der Waals surface area contributed by atoms with Crippen molar-refractivity contribution in [2.75, 3.05) is 12.3 Å². The van der Waals surface area contributed by atoms with Crippen molar-refractivity contribution in [3.63, 3.8) is 0 Å². The molecule has 4 bridgehead atoms. The highest BCUT2D eigenvalue weighted by molar-refractivity contribution is 7.80. The van der Waals surface area contributed by atoms with Crippen molar-refractivity contribution in [1.82, 2.24) is 15.6 Å². The third-order valence-corrected chi connectivity index (χ3v) is 9.92. The largest absolute Gasteiger partial charge is 0.446 e. The van der Waals surface area contributed by atoms with Gasteiger partial charge in [0, 0.05) is 36.0 Å². The highest BCUT2D eigenvalue weighted by atomic mass is 32.1. The first-order valence-corrected chi connectivity index (χ1v) is 15.0. The van der Waals surface area contributed by atoms with Crippen LogP contribution in [-0.4, -0.2) is 40.9 Å². The zero-order chi connectivity index (χ0) is 27.0. The first-order chi connectivity index (χ1) is 18.9. The van der Waals surface area contributed by atoms with Gasteiger partial charge in [-0.15, -0.1) is 0 Å². The van der Waals surface area contributed by atoms with Gasteiger partial charge in [0.1, 0.15) is 11.6 Å². The molecule has 206 valence electrons. The number of para-hydroxylation sites is 1. The molecule has 7 rings (SSSR count). The predicted octanol–water partition coefficient (Wildman–Crippen LogP) is 5.85. The van der Waals surface area contributed by atoms with Crippen LogP contribution in [0.1, 0.15) is 56.1 Å². The molecule has 4 aliphatic rings. The van der Waals surface area contributed by atoms with Gasteiger partial charge < -0.3 is 20.4 Å². The number of ether oxygens (including phenoxy) is 1. The van der Waals surface area contributed by atoms with E-state index >= 15 is 0 Å². The average molecular weight is 546 g/mol. The quantitative estimate of drug-likeness (QED) is 0.255. The van der Waals surface area contributed by atoms with Gasteiger partial charge in [0.15, 0.2) is 0 Å². The Morgan fingerprint density at radius 1 is 1.00 bits per heavy atom. The number of rotatable bonds is 9. The molecule has 0 saturated heterocycles. The average Bonchev–Trinajstić information content (AvgIpc) is 3.33. The summed E-state index contributed by atoms with van der Waals surface area (Å²) in [6, 6.07) is 18.1. The Balaban J connectivity index is 1.19. The van der Waals surface area contributed by atoms with Gasteiger partial charge in [-0.1, -0.05) is 48.5 Å². The molecule has 39 heavy (non-hydrogen) atoms. The summed E-state index contributed by atoms with van der Waals surface area (Å²) in [7, 11) is 0. The van der Waals surface area contributed by atoms with E-state index in [1.807, 2.05) is 48.7 Å². The van der Waals surface area contributed by atoms with E-state index in [-0.39, 0.29) is 17.9 Å². The maximum atomic E-state index is 13.8. The lowest BCUT2D eigenvalue weighted by atomic mass is 9.55. The number of carbonyl (C=O) groups excluding carboxylic acids is 2. The Morgan fingerprint density at radius 3 is 2.36 bits per heavy atom. The first-order valence-electron chi connectivity index (χ1n) is 14.4. The fourth-order valence-electron chi connectivity index (χ4n) is 7.71. The second kappa shape index (κ2) is 10.9. The minimum absolute atomic E-state index is 0.0372. The molecule has 1 aromatic heterocycles. The Labute approximate surface area is 236 Å². The molecule has 2 unspecified atom stereocenters. The monoisotopic (exact) mass is 545 g/mol. The number of amides is 2. The fourth-order valence-corrected chi connectivity index (χ4v) is 8.05. The Morgan fingerprint density at radius 2 is 1.67 bits per heavy atom. The van der Waals surface area contributed by atoms with E-state index in [9.17, 15) is 9.59 Å². The van der Waals surface area contributed by atoms with Gasteiger partial charge in [0.05, 0.1) is 0 Å². The lowest BCUT2D eigenvalue weighted by molar-refractivity contribution is -0.127. The zero-order valence-corrected chi connectivity index (χ0v) is 23.5. The van der Waals surface area contributed by atoms with E-state index in [2.05, 4.69) is 40.4 Å². The van der Waals surface area contributed by atoms with Crippen LogP contribution < -0.4 is 10.6 Å². The number of hydrogen-bond acceptors (Lipinski definition) is 4. The van der Waals surface area contributed by atoms with Crippen LogP contribution in [0.4, 0.5) is 4.79 Å². The van der Waals surface area contributed by atoms with E-state index in [1.54, 1.807) is 6.92 Å². The third-order valence-electron chi connectivity index (χ3n) is 9.48. The minimum atomic E-state index is -1.19. The molecule has 2 atom stereocenters. The Bertz CT molecular complexity index is 1300. The van der Waals surface area contributed by atoms with Crippen molar-refractivity contribution < 1.29 is 14.3 Å². The number of carbonyl (C=O) groups is 2. The molecular weight excluding hydrogens is 506 g/mol. The molecule has 0 aliphatic heterocycles. The van der Waals surface area contributed by atoms with Crippen LogP contribution in [0, 0.1) is 23.7 Å². The van der Waals surface area contributed by atoms with Gasteiger partial charge in [-0.3, -0.25) is 4.79 Å². The number of fused-ring (bicyclic) bond motifs is 1.